The van der Waals surface area contributed by atoms with E-state index in [1.165, 1.54) is 36.5 Å². The second kappa shape index (κ2) is 15.9. The normalized spacial score (nSPS) is 12.5. The Morgan fingerprint density at radius 2 is 1.00 bits per heavy atom. The molecular weight excluding hydrogens is 632 g/mol. The third-order valence-electron chi connectivity index (χ3n) is 7.53. The molecule has 0 unspecified atom stereocenters. The summed E-state index contributed by atoms with van der Waals surface area (Å²) in [7, 11) is 3.13. The highest BCUT2D eigenvalue weighted by atomic mass is 32.1. The number of fused-ring (bicyclic) bond motifs is 2. The third-order valence-corrected chi connectivity index (χ3v) is 9.81. The highest BCUT2D eigenvalue weighted by Gasteiger charge is 2.21. The number of aliphatic carboxylic acids is 2. The minimum atomic E-state index is -0.993. The van der Waals surface area contributed by atoms with Crippen LogP contribution in [0.3, 0.4) is 0 Å². The summed E-state index contributed by atoms with van der Waals surface area (Å²) in [6.45, 7) is 4.03. The van der Waals surface area contributed by atoms with Crippen molar-refractivity contribution >= 4 is 66.4 Å². The van der Waals surface area contributed by atoms with Gasteiger partial charge in [0.2, 0.25) is 0 Å². The fourth-order valence-electron chi connectivity index (χ4n) is 4.77. The summed E-state index contributed by atoms with van der Waals surface area (Å²) in [6.07, 6.45) is 3.40. The summed E-state index contributed by atoms with van der Waals surface area (Å²) in [5, 5.41) is 19.9. The Bertz CT molecular complexity index is 1590. The number of rotatable bonds is 19. The van der Waals surface area contributed by atoms with Gasteiger partial charge in [0.25, 0.3) is 0 Å². The summed E-state index contributed by atoms with van der Waals surface area (Å²) < 4.78 is 24.8. The van der Waals surface area contributed by atoms with Crippen molar-refractivity contribution in [2.45, 2.75) is 52.4 Å². The second-order valence-corrected chi connectivity index (χ2v) is 13.3. The molecule has 0 saturated heterocycles. The molecule has 0 fully saturated rings. The smallest absolute Gasteiger partial charge is 0.306 e. The monoisotopic (exact) mass is 670 g/mol. The zero-order chi connectivity index (χ0) is 33.4. The highest BCUT2D eigenvalue weighted by Crippen LogP contribution is 2.38. The molecule has 0 aliphatic rings. The fraction of sp³-hybridized carbons (Fsp3) is 0.412. The number of unbranched alkanes of at least 4 members (excludes halogenated alkanes) is 3. The average Bonchev–Trinajstić information content (AvgIpc) is 3.64. The van der Waals surface area contributed by atoms with E-state index >= 15 is 0 Å². The number of thiophene rings is 2. The Morgan fingerprint density at radius 1 is 0.609 bits per heavy atom. The molecule has 0 aliphatic heterocycles. The van der Waals surface area contributed by atoms with Gasteiger partial charge >= 0.3 is 11.9 Å². The van der Waals surface area contributed by atoms with Crippen LogP contribution in [0.5, 0.6) is 23.0 Å². The van der Waals surface area contributed by atoms with E-state index in [1.807, 2.05) is 24.3 Å². The molecule has 2 aromatic carbocycles. The lowest BCUT2D eigenvalue weighted by atomic mass is 10.0. The zero-order valence-corrected chi connectivity index (χ0v) is 27.9. The lowest BCUT2D eigenvalue weighted by Gasteiger charge is -2.12. The molecule has 0 radical (unpaired) electrons. The quantitative estimate of drug-likeness (QED) is 0.0750. The lowest BCUT2D eigenvalue weighted by Crippen LogP contribution is -2.13. The van der Waals surface area contributed by atoms with Gasteiger partial charge in [-0.3, -0.25) is 19.2 Å². The summed E-state index contributed by atoms with van der Waals surface area (Å²) >= 11 is 2.63. The zero-order valence-electron chi connectivity index (χ0n) is 26.3. The Labute approximate surface area is 274 Å². The summed E-state index contributed by atoms with van der Waals surface area (Å²) in [6, 6.07) is 10.9. The molecule has 2 aromatic heterocycles. The molecule has 0 spiro atoms. The van der Waals surface area contributed by atoms with Gasteiger partial charge in [-0.25, -0.2) is 0 Å². The minimum absolute atomic E-state index is 0.0505. The van der Waals surface area contributed by atoms with Gasteiger partial charge < -0.3 is 29.2 Å². The number of Topliss-reactive ketones (excluding diaryl/α,β-unsaturated/α-hetero) is 2. The van der Waals surface area contributed by atoms with Crippen molar-refractivity contribution < 1.29 is 48.3 Å². The first-order valence-corrected chi connectivity index (χ1v) is 16.6. The molecule has 4 aromatic rings. The standard InChI is InChI=1S/C34H38O10S2/c1-19(33(37)38)11-23(35)31-15-21-13-25(41-3)27(17-29(21)45-31)43-9-7-5-6-8-10-44-28-18-30-22(14-26(28)42-4)16-32(46-30)24(36)12-20(2)34(39)40/h13-20H,5-12H2,1-4H3,(H,37,38)(H,39,40)/t19-,20-/m0/s1. The van der Waals surface area contributed by atoms with Gasteiger partial charge in [-0.2, -0.15) is 0 Å². The van der Waals surface area contributed by atoms with Crippen LogP contribution in [-0.4, -0.2) is 61.2 Å². The molecule has 0 amide bonds. The maximum absolute atomic E-state index is 12.6. The number of hydrogen-bond donors (Lipinski definition) is 2. The second-order valence-electron chi connectivity index (χ2n) is 11.1. The van der Waals surface area contributed by atoms with Crippen LogP contribution < -0.4 is 18.9 Å². The van der Waals surface area contributed by atoms with E-state index in [9.17, 15) is 19.2 Å². The average molecular weight is 671 g/mol. The first kappa shape index (κ1) is 34.7. The number of carboxylic acid groups (broad SMARTS) is 2. The Kier molecular flexibility index (Phi) is 12.0. The molecule has 0 saturated carbocycles. The van der Waals surface area contributed by atoms with Gasteiger partial charge in [0.1, 0.15) is 0 Å². The minimum Gasteiger partial charge on any atom is -0.493 e. The Balaban J connectivity index is 1.24. The maximum Gasteiger partial charge on any atom is 0.306 e. The predicted molar refractivity (Wildman–Crippen MR) is 178 cm³/mol. The van der Waals surface area contributed by atoms with Gasteiger partial charge in [-0.1, -0.05) is 13.8 Å². The van der Waals surface area contributed by atoms with Crippen molar-refractivity contribution in [1.82, 2.24) is 0 Å². The van der Waals surface area contributed by atoms with E-state index in [-0.39, 0.29) is 24.4 Å². The highest BCUT2D eigenvalue weighted by molar-refractivity contribution is 7.21. The molecule has 2 atom stereocenters. The molecule has 12 heteroatoms. The van der Waals surface area contributed by atoms with Crippen LogP contribution in [-0.2, 0) is 9.59 Å². The van der Waals surface area contributed by atoms with Gasteiger partial charge in [0.05, 0.1) is 49.0 Å². The number of carboxylic acids is 2. The van der Waals surface area contributed by atoms with Crippen molar-refractivity contribution in [3.05, 3.63) is 46.2 Å². The van der Waals surface area contributed by atoms with Gasteiger partial charge in [-0.15, -0.1) is 22.7 Å². The van der Waals surface area contributed by atoms with Crippen molar-refractivity contribution in [1.29, 1.82) is 0 Å². The van der Waals surface area contributed by atoms with E-state index in [0.717, 1.165) is 45.9 Å². The molecule has 0 bridgehead atoms. The van der Waals surface area contributed by atoms with Crippen molar-refractivity contribution in [2.24, 2.45) is 11.8 Å². The number of ether oxygens (including phenoxy) is 4. The summed E-state index contributed by atoms with van der Waals surface area (Å²) in [5.41, 5.74) is 0. The van der Waals surface area contributed by atoms with Gasteiger partial charge in [0, 0.05) is 34.4 Å². The SMILES string of the molecule is COc1cc2cc(C(=O)C[C@H](C)C(=O)O)sc2cc1OCCCCCCOc1cc2sc(C(=O)C[C@H](C)C(=O)O)cc2cc1OC. The van der Waals surface area contributed by atoms with Crippen molar-refractivity contribution in [2.75, 3.05) is 27.4 Å². The van der Waals surface area contributed by atoms with E-state index in [0.29, 0.717) is 46.0 Å². The molecule has 2 heterocycles. The Hall–Kier alpha value is -4.16. The third kappa shape index (κ3) is 8.76. The molecule has 2 N–H and O–H groups in total. The molecule has 0 aliphatic carbocycles. The molecule has 10 nitrogen and oxygen atoms in total. The number of carbonyl (C=O) groups is 4. The van der Waals surface area contributed by atoms with E-state index in [4.69, 9.17) is 29.2 Å². The van der Waals surface area contributed by atoms with Crippen LogP contribution in [0.1, 0.15) is 71.7 Å². The summed E-state index contributed by atoms with van der Waals surface area (Å²) in [4.78, 5) is 48.4. The number of ketones is 2. The van der Waals surface area contributed by atoms with Crippen LogP contribution in [0.2, 0.25) is 0 Å². The number of methoxy groups -OCH3 is 2. The predicted octanol–water partition coefficient (Wildman–Crippen LogP) is 7.74. The lowest BCUT2D eigenvalue weighted by molar-refractivity contribution is -0.141. The van der Waals surface area contributed by atoms with Gasteiger partial charge in [0.15, 0.2) is 34.6 Å². The molecule has 4 rings (SSSR count). The topological polar surface area (TPSA) is 146 Å². The molecule has 46 heavy (non-hydrogen) atoms. The summed E-state index contributed by atoms with van der Waals surface area (Å²) in [5.74, 6) is -1.54. The first-order valence-electron chi connectivity index (χ1n) is 15.0. The molecule has 246 valence electrons. The van der Waals surface area contributed by atoms with Crippen LogP contribution >= 0.6 is 22.7 Å². The maximum atomic E-state index is 12.6. The van der Waals surface area contributed by atoms with Crippen molar-refractivity contribution in [3.63, 3.8) is 0 Å². The van der Waals surface area contributed by atoms with Crippen LogP contribution in [0, 0.1) is 11.8 Å². The largest absolute Gasteiger partial charge is 0.493 e. The van der Waals surface area contributed by atoms with E-state index < -0.39 is 23.8 Å². The van der Waals surface area contributed by atoms with Crippen LogP contribution in [0.25, 0.3) is 20.2 Å². The fourth-order valence-corrected chi connectivity index (χ4v) is 6.81. The number of hydrogen-bond acceptors (Lipinski definition) is 10. The van der Waals surface area contributed by atoms with Gasteiger partial charge in [-0.05, 0) is 60.7 Å². The van der Waals surface area contributed by atoms with E-state index in [2.05, 4.69) is 0 Å². The number of carbonyl (C=O) groups excluding carboxylic acids is 2. The van der Waals surface area contributed by atoms with Crippen molar-refractivity contribution in [3.8, 4) is 23.0 Å². The van der Waals surface area contributed by atoms with E-state index in [1.54, 1.807) is 26.4 Å². The number of benzene rings is 2. The Morgan fingerprint density at radius 3 is 1.35 bits per heavy atom. The molecular formula is C34H38O10S2. The van der Waals surface area contributed by atoms with Crippen LogP contribution in [0.4, 0.5) is 0 Å². The first-order chi connectivity index (χ1) is 22.0. The van der Waals surface area contributed by atoms with Crippen LogP contribution in [0.15, 0.2) is 36.4 Å².